The summed E-state index contributed by atoms with van der Waals surface area (Å²) >= 11 is 0. The van der Waals surface area contributed by atoms with Crippen molar-refractivity contribution in [3.8, 4) is 5.75 Å². The first-order valence-corrected chi connectivity index (χ1v) is 8.85. The van der Waals surface area contributed by atoms with Crippen LogP contribution in [0.15, 0.2) is 30.9 Å². The molecule has 3 amide bonds. The number of anilines is 1. The molecule has 0 radical (unpaired) electrons. The predicted octanol–water partition coefficient (Wildman–Crippen LogP) is 1.70. The van der Waals surface area contributed by atoms with Gasteiger partial charge in [0.1, 0.15) is 5.75 Å². The predicted molar refractivity (Wildman–Crippen MR) is 97.1 cm³/mol. The van der Waals surface area contributed by atoms with Crippen molar-refractivity contribution in [2.75, 3.05) is 25.0 Å². The van der Waals surface area contributed by atoms with E-state index in [2.05, 4.69) is 17.2 Å². The van der Waals surface area contributed by atoms with Crippen molar-refractivity contribution >= 4 is 23.4 Å². The summed E-state index contributed by atoms with van der Waals surface area (Å²) in [7, 11) is 0. The molecule has 2 aliphatic rings. The van der Waals surface area contributed by atoms with E-state index in [1.54, 1.807) is 23.1 Å². The second kappa shape index (κ2) is 8.03. The molecule has 1 fully saturated rings. The van der Waals surface area contributed by atoms with E-state index in [9.17, 15) is 14.4 Å². The van der Waals surface area contributed by atoms with Crippen LogP contribution in [0, 0.1) is 0 Å². The van der Waals surface area contributed by atoms with Crippen LogP contribution in [0.5, 0.6) is 5.75 Å². The van der Waals surface area contributed by atoms with Gasteiger partial charge >= 0.3 is 0 Å². The van der Waals surface area contributed by atoms with Crippen molar-refractivity contribution in [1.82, 2.24) is 10.2 Å². The Hall–Kier alpha value is -2.83. The maximum absolute atomic E-state index is 12.6. The number of ether oxygens (including phenoxy) is 1. The van der Waals surface area contributed by atoms with Gasteiger partial charge in [-0.2, -0.15) is 0 Å². The van der Waals surface area contributed by atoms with Crippen LogP contribution in [-0.2, 0) is 9.59 Å². The minimum Gasteiger partial charge on any atom is -0.482 e. The van der Waals surface area contributed by atoms with E-state index in [-0.39, 0.29) is 30.4 Å². The Kier molecular flexibility index (Phi) is 5.55. The Bertz CT molecular complexity index is 731. The molecule has 138 valence electrons. The van der Waals surface area contributed by atoms with E-state index in [1.807, 2.05) is 0 Å². The first-order chi connectivity index (χ1) is 12.6. The number of benzene rings is 1. The van der Waals surface area contributed by atoms with Crippen molar-refractivity contribution in [3.05, 3.63) is 36.4 Å². The van der Waals surface area contributed by atoms with Crippen LogP contribution in [0.3, 0.4) is 0 Å². The summed E-state index contributed by atoms with van der Waals surface area (Å²) in [6.45, 7) is 4.86. The highest BCUT2D eigenvalue weighted by Gasteiger charge is 2.21. The Morgan fingerprint density at radius 2 is 2.12 bits per heavy atom. The topological polar surface area (TPSA) is 87.7 Å². The van der Waals surface area contributed by atoms with Crippen molar-refractivity contribution < 1.29 is 19.1 Å². The number of carbonyl (C=O) groups is 3. The van der Waals surface area contributed by atoms with Gasteiger partial charge < -0.3 is 20.3 Å². The van der Waals surface area contributed by atoms with Crippen molar-refractivity contribution in [1.29, 1.82) is 0 Å². The number of hydrogen-bond donors (Lipinski definition) is 2. The molecule has 1 saturated heterocycles. The third-order valence-corrected chi connectivity index (χ3v) is 4.67. The van der Waals surface area contributed by atoms with Gasteiger partial charge in [-0.1, -0.05) is 6.58 Å². The lowest BCUT2D eigenvalue weighted by Crippen LogP contribution is -2.41. The Labute approximate surface area is 152 Å². The highest BCUT2D eigenvalue weighted by atomic mass is 16.5. The zero-order valence-corrected chi connectivity index (χ0v) is 14.6. The van der Waals surface area contributed by atoms with E-state index in [1.165, 1.54) is 6.08 Å². The van der Waals surface area contributed by atoms with E-state index in [0.717, 1.165) is 25.8 Å². The van der Waals surface area contributed by atoms with E-state index in [0.29, 0.717) is 30.0 Å². The van der Waals surface area contributed by atoms with Crippen molar-refractivity contribution in [2.45, 2.75) is 31.7 Å². The lowest BCUT2D eigenvalue weighted by Gasteiger charge is -2.28. The van der Waals surface area contributed by atoms with Crippen LogP contribution >= 0.6 is 0 Å². The Morgan fingerprint density at radius 3 is 2.92 bits per heavy atom. The third-order valence-electron chi connectivity index (χ3n) is 4.67. The van der Waals surface area contributed by atoms with Gasteiger partial charge in [0.25, 0.3) is 11.8 Å². The maximum Gasteiger partial charge on any atom is 0.262 e. The summed E-state index contributed by atoms with van der Waals surface area (Å²) in [4.78, 5) is 37.6. The molecule has 0 saturated carbocycles. The minimum atomic E-state index is -0.234. The molecule has 7 nitrogen and oxygen atoms in total. The van der Waals surface area contributed by atoms with Crippen LogP contribution in [0.2, 0.25) is 0 Å². The first kappa shape index (κ1) is 18.0. The van der Waals surface area contributed by atoms with Gasteiger partial charge in [0.15, 0.2) is 6.61 Å². The lowest BCUT2D eigenvalue weighted by atomic mass is 10.0. The van der Waals surface area contributed by atoms with Gasteiger partial charge in [0, 0.05) is 24.7 Å². The normalized spacial score (nSPS) is 19.9. The Balaban J connectivity index is 1.63. The molecule has 1 atom stereocenters. The van der Waals surface area contributed by atoms with Crippen LogP contribution in [0.1, 0.15) is 36.0 Å². The zero-order chi connectivity index (χ0) is 18.5. The largest absolute Gasteiger partial charge is 0.482 e. The van der Waals surface area contributed by atoms with Crippen molar-refractivity contribution in [2.24, 2.45) is 0 Å². The average Bonchev–Trinajstić information content (AvgIpc) is 2.62. The number of hydrogen-bond acceptors (Lipinski definition) is 4. The number of likely N-dealkylation sites (tertiary alicyclic amines) is 1. The molecule has 26 heavy (non-hydrogen) atoms. The van der Waals surface area contributed by atoms with Gasteiger partial charge in [-0.25, -0.2) is 0 Å². The summed E-state index contributed by atoms with van der Waals surface area (Å²) in [5.74, 6) is 0.0648. The number of rotatable bonds is 3. The van der Waals surface area contributed by atoms with Gasteiger partial charge in [-0.3, -0.25) is 14.4 Å². The van der Waals surface area contributed by atoms with E-state index < -0.39 is 0 Å². The highest BCUT2D eigenvalue weighted by molar-refractivity contribution is 6.00. The van der Waals surface area contributed by atoms with E-state index in [4.69, 9.17) is 4.74 Å². The summed E-state index contributed by atoms with van der Waals surface area (Å²) in [5, 5.41) is 5.75. The van der Waals surface area contributed by atoms with Crippen molar-refractivity contribution in [3.63, 3.8) is 0 Å². The van der Waals surface area contributed by atoms with E-state index >= 15 is 0 Å². The summed E-state index contributed by atoms with van der Waals surface area (Å²) < 4.78 is 5.31. The molecule has 0 aromatic heterocycles. The summed E-state index contributed by atoms with van der Waals surface area (Å²) in [5.41, 5.74) is 0.977. The second-order valence-electron chi connectivity index (χ2n) is 6.53. The average molecular weight is 357 g/mol. The monoisotopic (exact) mass is 357 g/mol. The molecule has 2 N–H and O–H groups in total. The first-order valence-electron chi connectivity index (χ1n) is 8.85. The molecule has 2 heterocycles. The van der Waals surface area contributed by atoms with Crippen LogP contribution in [-0.4, -0.2) is 48.4 Å². The van der Waals surface area contributed by atoms with Gasteiger partial charge in [0.2, 0.25) is 5.91 Å². The van der Waals surface area contributed by atoms with Crippen LogP contribution in [0.25, 0.3) is 0 Å². The maximum atomic E-state index is 12.6. The number of amides is 3. The Morgan fingerprint density at radius 1 is 1.27 bits per heavy atom. The number of nitrogens with one attached hydrogen (secondary N) is 2. The molecular weight excluding hydrogens is 334 g/mol. The molecule has 3 rings (SSSR count). The molecule has 2 aliphatic heterocycles. The standard InChI is InChI=1S/C19H23N3O4/c1-2-18(24)22-9-4-3-5-14(8-10-22)20-19(25)13-6-7-16-15(11-13)21-17(23)12-26-16/h2,6-7,11,14H,1,3-5,8-10,12H2,(H,20,25)(H,21,23). The molecule has 0 spiro atoms. The van der Waals surface area contributed by atoms with Gasteiger partial charge in [-0.15, -0.1) is 0 Å². The second-order valence-corrected chi connectivity index (χ2v) is 6.53. The third kappa shape index (κ3) is 4.22. The summed E-state index contributed by atoms with van der Waals surface area (Å²) in [6.07, 6.45) is 4.77. The van der Waals surface area contributed by atoms with Crippen LogP contribution < -0.4 is 15.4 Å². The molecule has 0 aliphatic carbocycles. The molecule has 1 aromatic carbocycles. The number of fused-ring (bicyclic) bond motifs is 1. The number of carbonyl (C=O) groups excluding carboxylic acids is 3. The van der Waals surface area contributed by atoms with Crippen LogP contribution in [0.4, 0.5) is 5.69 Å². The fourth-order valence-electron chi connectivity index (χ4n) is 3.25. The fourth-order valence-corrected chi connectivity index (χ4v) is 3.25. The quantitative estimate of drug-likeness (QED) is 0.806. The molecule has 0 bridgehead atoms. The molecule has 1 aromatic rings. The molecular formula is C19H23N3O4. The summed E-state index contributed by atoms with van der Waals surface area (Å²) in [6, 6.07) is 5.00. The van der Waals surface area contributed by atoms with Gasteiger partial charge in [0.05, 0.1) is 5.69 Å². The smallest absolute Gasteiger partial charge is 0.262 e. The highest BCUT2D eigenvalue weighted by Crippen LogP contribution is 2.28. The fraction of sp³-hybridized carbons (Fsp3) is 0.421. The lowest BCUT2D eigenvalue weighted by molar-refractivity contribution is -0.126. The molecule has 1 unspecified atom stereocenters. The van der Waals surface area contributed by atoms with Gasteiger partial charge in [-0.05, 0) is 50.0 Å². The minimum absolute atomic E-state index is 0.00443. The molecule has 7 heteroatoms. The zero-order valence-electron chi connectivity index (χ0n) is 14.6. The number of nitrogens with zero attached hydrogens (tertiary/aromatic N) is 1. The SMILES string of the molecule is C=CC(=O)N1CCCCC(NC(=O)c2ccc3c(c2)NC(=O)CO3)CC1.